The van der Waals surface area contributed by atoms with Crippen LogP contribution in [-0.2, 0) is 10.8 Å². The Bertz CT molecular complexity index is 2020. The topological polar surface area (TPSA) is 12.5 Å². The zero-order valence-corrected chi connectivity index (χ0v) is 30.7. The first kappa shape index (κ1) is 33.6. The van der Waals surface area contributed by atoms with E-state index in [0.29, 0.717) is 5.02 Å². The van der Waals surface area contributed by atoms with E-state index in [9.17, 15) is 0 Å². The van der Waals surface area contributed by atoms with Crippen LogP contribution in [0.1, 0.15) is 52.7 Å². The van der Waals surface area contributed by atoms with Crippen LogP contribution < -0.4 is 9.64 Å². The van der Waals surface area contributed by atoms with Crippen molar-refractivity contribution in [2.24, 2.45) is 0 Å². The average molecular weight is 715 g/mol. The van der Waals surface area contributed by atoms with Crippen molar-refractivity contribution in [1.82, 2.24) is 0 Å². The van der Waals surface area contributed by atoms with E-state index in [0.717, 1.165) is 55.3 Å². The summed E-state index contributed by atoms with van der Waals surface area (Å²) < 4.78 is 7.59. The van der Waals surface area contributed by atoms with Crippen molar-refractivity contribution in [3.05, 3.63) is 160 Å². The highest BCUT2D eigenvalue weighted by Gasteiger charge is 2.23. The van der Waals surface area contributed by atoms with Gasteiger partial charge in [0.2, 0.25) is 0 Å². The molecule has 0 radical (unpaired) electrons. The van der Waals surface area contributed by atoms with Gasteiger partial charge in [0.25, 0.3) is 0 Å². The second kappa shape index (κ2) is 13.7. The molecule has 0 bridgehead atoms. The molecule has 0 atom stereocenters. The van der Waals surface area contributed by atoms with Crippen LogP contribution in [0.3, 0.4) is 0 Å². The van der Waals surface area contributed by atoms with Gasteiger partial charge in [-0.2, -0.15) is 0 Å². The summed E-state index contributed by atoms with van der Waals surface area (Å²) in [7, 11) is 0. The number of anilines is 3. The van der Waals surface area contributed by atoms with E-state index >= 15 is 0 Å². The molecule has 0 aromatic heterocycles. The molecule has 242 valence electrons. The van der Waals surface area contributed by atoms with Crippen LogP contribution in [0, 0.1) is 0 Å². The van der Waals surface area contributed by atoms with Gasteiger partial charge in [0, 0.05) is 26.8 Å². The molecule has 0 heterocycles. The molecule has 0 aliphatic rings. The average Bonchev–Trinajstić information content (AvgIpc) is 3.04. The first-order valence-electron chi connectivity index (χ1n) is 16.3. The van der Waals surface area contributed by atoms with Crippen LogP contribution in [0.25, 0.3) is 22.3 Å². The summed E-state index contributed by atoms with van der Waals surface area (Å²) in [5.74, 6) is 1.49. The van der Waals surface area contributed by atoms with Gasteiger partial charge in [-0.05, 0) is 93.2 Å². The van der Waals surface area contributed by atoms with Crippen LogP contribution in [-0.4, -0.2) is 0 Å². The first-order chi connectivity index (χ1) is 22.8. The number of hydrogen-bond acceptors (Lipinski definition) is 2. The third-order valence-electron chi connectivity index (χ3n) is 8.48. The number of ether oxygens (including phenoxy) is 1. The minimum atomic E-state index is -0.0231. The molecule has 6 aromatic rings. The van der Waals surface area contributed by atoms with Gasteiger partial charge in [0.1, 0.15) is 11.5 Å². The number of hydrogen-bond donors (Lipinski definition) is 0. The van der Waals surface area contributed by atoms with Gasteiger partial charge in [0.15, 0.2) is 0 Å². The summed E-state index contributed by atoms with van der Waals surface area (Å²) in [6, 6.07) is 48.6. The zero-order chi connectivity index (χ0) is 34.1. The van der Waals surface area contributed by atoms with Gasteiger partial charge in [-0.15, -0.1) is 0 Å². The van der Waals surface area contributed by atoms with Gasteiger partial charge < -0.3 is 9.64 Å². The van der Waals surface area contributed by atoms with Gasteiger partial charge in [0.05, 0.1) is 11.4 Å². The highest BCUT2D eigenvalue weighted by atomic mass is 79.9. The summed E-state index contributed by atoms with van der Waals surface area (Å²) in [6.45, 7) is 13.7. The van der Waals surface area contributed by atoms with E-state index in [2.05, 4.69) is 153 Å². The number of halogens is 2. The molecule has 2 nitrogen and oxygen atoms in total. The summed E-state index contributed by atoms with van der Waals surface area (Å²) in [5, 5.41) is 0.671. The molecule has 6 aromatic carbocycles. The highest BCUT2D eigenvalue weighted by molar-refractivity contribution is 9.10. The maximum atomic E-state index is 6.67. The van der Waals surface area contributed by atoms with Crippen molar-refractivity contribution in [1.29, 1.82) is 0 Å². The summed E-state index contributed by atoms with van der Waals surface area (Å²) in [4.78, 5) is 2.28. The lowest BCUT2D eigenvalue weighted by molar-refractivity contribution is 0.482. The van der Waals surface area contributed by atoms with Crippen molar-refractivity contribution in [3.63, 3.8) is 0 Å². The fourth-order valence-corrected chi connectivity index (χ4v) is 6.40. The Morgan fingerprint density at radius 3 is 1.83 bits per heavy atom. The Labute approximate surface area is 299 Å². The third-order valence-corrected chi connectivity index (χ3v) is 9.20. The zero-order valence-electron chi connectivity index (χ0n) is 28.4. The Morgan fingerprint density at radius 1 is 0.521 bits per heavy atom. The SMILES string of the molecule is CC(C)(C)c1cc(-c2cc(Oc3cccc(Br)c3)cc(N(c3cccc(Cl)c3)c3ccccc3-c3ccccc3)c2)cc(C(C)(C)C)c1. The Hall–Kier alpha value is -4.31. The first-order valence-corrected chi connectivity index (χ1v) is 17.5. The molecule has 0 amide bonds. The fourth-order valence-electron chi connectivity index (χ4n) is 5.84. The van der Waals surface area contributed by atoms with E-state index in [1.807, 2.05) is 48.5 Å². The Kier molecular flexibility index (Phi) is 9.56. The second-order valence-corrected chi connectivity index (χ2v) is 15.6. The van der Waals surface area contributed by atoms with E-state index in [4.69, 9.17) is 16.3 Å². The Balaban J connectivity index is 1.64. The predicted molar refractivity (Wildman–Crippen MR) is 209 cm³/mol. The predicted octanol–water partition coefficient (Wildman–Crippen LogP) is 14.3. The molecular formula is C44H41BrClNO. The minimum absolute atomic E-state index is 0.0231. The molecule has 0 N–H and O–H groups in total. The summed E-state index contributed by atoms with van der Waals surface area (Å²) >= 11 is 10.3. The smallest absolute Gasteiger partial charge is 0.130 e. The molecule has 0 fully saturated rings. The molecule has 0 saturated carbocycles. The van der Waals surface area contributed by atoms with Crippen molar-refractivity contribution in [3.8, 4) is 33.8 Å². The van der Waals surface area contributed by atoms with Crippen molar-refractivity contribution < 1.29 is 4.74 Å². The van der Waals surface area contributed by atoms with Crippen LogP contribution >= 0.6 is 27.5 Å². The van der Waals surface area contributed by atoms with Crippen LogP contribution in [0.5, 0.6) is 11.5 Å². The van der Waals surface area contributed by atoms with Gasteiger partial charge in [-0.1, -0.05) is 148 Å². The lowest BCUT2D eigenvalue weighted by Gasteiger charge is -2.29. The van der Waals surface area contributed by atoms with E-state index in [1.165, 1.54) is 11.1 Å². The van der Waals surface area contributed by atoms with Gasteiger partial charge in [-0.25, -0.2) is 0 Å². The molecular weight excluding hydrogens is 674 g/mol. The fraction of sp³-hybridized carbons (Fsp3) is 0.182. The van der Waals surface area contributed by atoms with Gasteiger partial charge >= 0.3 is 0 Å². The van der Waals surface area contributed by atoms with E-state index in [-0.39, 0.29) is 10.8 Å². The number of para-hydroxylation sites is 1. The monoisotopic (exact) mass is 713 g/mol. The van der Waals surface area contributed by atoms with Crippen molar-refractivity contribution >= 4 is 44.6 Å². The molecule has 0 unspecified atom stereocenters. The van der Waals surface area contributed by atoms with Crippen LogP contribution in [0.4, 0.5) is 17.1 Å². The third kappa shape index (κ3) is 7.70. The lowest BCUT2D eigenvalue weighted by atomic mass is 9.79. The largest absolute Gasteiger partial charge is 0.457 e. The second-order valence-electron chi connectivity index (χ2n) is 14.3. The molecule has 0 aliphatic carbocycles. The standard InChI is InChI=1S/C44H41BrClNO/c1-43(2,3)33-22-31(23-34(26-33)44(4,5)6)32-24-38(29-40(25-32)48-39-19-12-16-35(45)27-39)47(37-18-13-17-36(46)28-37)42-21-11-10-20-41(42)30-14-8-7-9-15-30/h7-29H,1-6H3. The number of nitrogens with zero attached hydrogens (tertiary/aromatic N) is 1. The van der Waals surface area contributed by atoms with E-state index < -0.39 is 0 Å². The lowest BCUT2D eigenvalue weighted by Crippen LogP contribution is -2.16. The van der Waals surface area contributed by atoms with E-state index in [1.54, 1.807) is 0 Å². The normalized spacial score (nSPS) is 11.8. The quantitative estimate of drug-likeness (QED) is 0.163. The maximum absolute atomic E-state index is 6.67. The van der Waals surface area contributed by atoms with Crippen molar-refractivity contribution in [2.45, 2.75) is 52.4 Å². The van der Waals surface area contributed by atoms with Crippen LogP contribution in [0.15, 0.2) is 144 Å². The number of benzene rings is 6. The highest BCUT2D eigenvalue weighted by Crippen LogP contribution is 2.45. The molecule has 0 spiro atoms. The summed E-state index contributed by atoms with van der Waals surface area (Å²) in [5.41, 5.74) is 9.96. The number of rotatable bonds is 7. The molecule has 0 aliphatic heterocycles. The summed E-state index contributed by atoms with van der Waals surface area (Å²) in [6.07, 6.45) is 0. The maximum Gasteiger partial charge on any atom is 0.130 e. The molecule has 4 heteroatoms. The van der Waals surface area contributed by atoms with Crippen molar-refractivity contribution in [2.75, 3.05) is 4.90 Å². The molecule has 6 rings (SSSR count). The van der Waals surface area contributed by atoms with Gasteiger partial charge in [-0.3, -0.25) is 0 Å². The molecule has 0 saturated heterocycles. The minimum Gasteiger partial charge on any atom is -0.457 e. The Morgan fingerprint density at radius 2 is 1.17 bits per heavy atom. The molecule has 48 heavy (non-hydrogen) atoms. The van der Waals surface area contributed by atoms with Crippen LogP contribution in [0.2, 0.25) is 5.02 Å².